The van der Waals surface area contributed by atoms with Crippen LogP contribution in [0.3, 0.4) is 0 Å². The highest BCUT2D eigenvalue weighted by Gasteiger charge is 2.29. The molecule has 0 aliphatic carbocycles. The lowest BCUT2D eigenvalue weighted by molar-refractivity contribution is 0.303. The zero-order chi connectivity index (χ0) is 20.1. The molecule has 0 fully saturated rings. The number of methoxy groups -OCH3 is 1. The highest BCUT2D eigenvalue weighted by atomic mass is 32.2. The second kappa shape index (κ2) is 8.45. The largest absolute Gasteiger partial charge is 0.497 e. The molecule has 26 heavy (non-hydrogen) atoms. The van der Waals surface area contributed by atoms with Crippen molar-refractivity contribution in [2.45, 2.75) is 52.8 Å². The van der Waals surface area contributed by atoms with Crippen LogP contribution in [0.4, 0.5) is 5.69 Å². The van der Waals surface area contributed by atoms with Gasteiger partial charge in [0.15, 0.2) is 14.7 Å². The number of sulfone groups is 1. The molecule has 0 aromatic heterocycles. The van der Waals surface area contributed by atoms with Crippen LogP contribution < -0.4 is 15.4 Å². The first kappa shape index (κ1) is 21.8. The molecule has 0 aliphatic rings. The average Bonchev–Trinajstić information content (AvgIpc) is 2.54. The first-order chi connectivity index (χ1) is 11.9. The SMILES string of the molecule is COc1cccc(N/C(NC(C)C(C)(C)C)=C(\C#N)S(=O)(=O)C(C)C)c1. The molecule has 6 nitrogen and oxygen atoms in total. The molecule has 1 aromatic rings. The summed E-state index contributed by atoms with van der Waals surface area (Å²) >= 11 is 0. The predicted octanol–water partition coefficient (Wildman–Crippen LogP) is 3.65. The normalized spacial score (nSPS) is 14.3. The van der Waals surface area contributed by atoms with E-state index in [9.17, 15) is 13.7 Å². The van der Waals surface area contributed by atoms with E-state index in [1.54, 1.807) is 45.2 Å². The van der Waals surface area contributed by atoms with E-state index in [-0.39, 0.29) is 22.2 Å². The number of benzene rings is 1. The molecule has 1 aromatic carbocycles. The van der Waals surface area contributed by atoms with Gasteiger partial charge in [0.1, 0.15) is 17.6 Å². The molecular weight excluding hydrogens is 350 g/mol. The van der Waals surface area contributed by atoms with Gasteiger partial charge in [-0.15, -0.1) is 0 Å². The molecule has 1 atom stereocenters. The van der Waals surface area contributed by atoms with Gasteiger partial charge in [0.2, 0.25) is 0 Å². The van der Waals surface area contributed by atoms with E-state index in [4.69, 9.17) is 4.74 Å². The van der Waals surface area contributed by atoms with Gasteiger partial charge in [-0.25, -0.2) is 8.42 Å². The van der Waals surface area contributed by atoms with Gasteiger partial charge in [-0.1, -0.05) is 26.8 Å². The van der Waals surface area contributed by atoms with Gasteiger partial charge in [-0.05, 0) is 38.3 Å². The molecule has 0 spiro atoms. The van der Waals surface area contributed by atoms with E-state index in [0.717, 1.165) is 0 Å². The maximum absolute atomic E-state index is 12.7. The lowest BCUT2D eigenvalue weighted by atomic mass is 9.88. The number of hydrogen-bond acceptors (Lipinski definition) is 6. The number of allylic oxidation sites excluding steroid dienone is 1. The number of nitriles is 1. The molecule has 0 saturated carbocycles. The topological polar surface area (TPSA) is 91.2 Å². The van der Waals surface area contributed by atoms with Crippen molar-refractivity contribution >= 4 is 15.5 Å². The summed E-state index contributed by atoms with van der Waals surface area (Å²) in [7, 11) is -2.20. The van der Waals surface area contributed by atoms with E-state index >= 15 is 0 Å². The number of rotatable bonds is 7. The first-order valence-electron chi connectivity index (χ1n) is 8.49. The highest BCUT2D eigenvalue weighted by molar-refractivity contribution is 7.96. The Balaban J connectivity index is 3.46. The van der Waals surface area contributed by atoms with Gasteiger partial charge in [-0.2, -0.15) is 5.26 Å². The van der Waals surface area contributed by atoms with E-state index < -0.39 is 15.1 Å². The number of ether oxygens (including phenoxy) is 1. The molecular formula is C19H29N3O3S. The Hall–Kier alpha value is -2.20. The first-order valence-corrected chi connectivity index (χ1v) is 10.0. The van der Waals surface area contributed by atoms with E-state index in [1.807, 2.05) is 33.8 Å². The molecule has 0 heterocycles. The van der Waals surface area contributed by atoms with Crippen molar-refractivity contribution in [3.63, 3.8) is 0 Å². The van der Waals surface area contributed by atoms with Crippen LogP contribution in [0.2, 0.25) is 0 Å². The summed E-state index contributed by atoms with van der Waals surface area (Å²) in [5.74, 6) is 0.806. The van der Waals surface area contributed by atoms with Crippen LogP contribution >= 0.6 is 0 Å². The van der Waals surface area contributed by atoms with E-state index in [1.165, 1.54) is 0 Å². The minimum Gasteiger partial charge on any atom is -0.497 e. The summed E-state index contributed by atoms with van der Waals surface area (Å²) in [6.07, 6.45) is 0. The molecule has 1 unspecified atom stereocenters. The molecule has 7 heteroatoms. The molecule has 1 rings (SSSR count). The Morgan fingerprint density at radius 1 is 1.23 bits per heavy atom. The Bertz CT molecular complexity index is 800. The second-order valence-corrected chi connectivity index (χ2v) is 9.94. The summed E-state index contributed by atoms with van der Waals surface area (Å²) in [5, 5.41) is 15.1. The summed E-state index contributed by atoms with van der Waals surface area (Å²) in [6, 6.07) is 8.87. The van der Waals surface area contributed by atoms with Crippen LogP contribution in [0.25, 0.3) is 0 Å². The maximum Gasteiger partial charge on any atom is 0.194 e. The van der Waals surface area contributed by atoms with Crippen LogP contribution in [0.1, 0.15) is 41.5 Å². The standard InChI is InChI=1S/C19H29N3O3S/c1-13(2)26(23,24)17(12-20)18(21-14(3)19(4,5)6)22-15-9-8-10-16(11-15)25-7/h8-11,13-14,21-22H,1-7H3/b18-17+. The van der Waals surface area contributed by atoms with Gasteiger partial charge < -0.3 is 15.4 Å². The third-order valence-corrected chi connectivity index (χ3v) is 6.34. The van der Waals surface area contributed by atoms with Gasteiger partial charge in [0.05, 0.1) is 12.4 Å². The van der Waals surface area contributed by atoms with E-state index in [2.05, 4.69) is 10.6 Å². The smallest absolute Gasteiger partial charge is 0.194 e. The fourth-order valence-electron chi connectivity index (χ4n) is 1.93. The average molecular weight is 380 g/mol. The monoisotopic (exact) mass is 379 g/mol. The third-order valence-electron chi connectivity index (χ3n) is 4.23. The molecule has 0 amide bonds. The van der Waals surface area contributed by atoms with Crippen LogP contribution in [0, 0.1) is 16.7 Å². The van der Waals surface area contributed by atoms with Gasteiger partial charge in [0, 0.05) is 17.8 Å². The molecule has 0 bridgehead atoms. The van der Waals surface area contributed by atoms with Crippen molar-refractivity contribution < 1.29 is 13.2 Å². The van der Waals surface area contributed by atoms with Crippen LogP contribution in [-0.2, 0) is 9.84 Å². The van der Waals surface area contributed by atoms with Crippen LogP contribution in [0.15, 0.2) is 35.0 Å². The number of nitrogens with one attached hydrogen (secondary N) is 2. The van der Waals surface area contributed by atoms with Gasteiger partial charge >= 0.3 is 0 Å². The minimum absolute atomic E-state index is 0.0821. The van der Waals surface area contributed by atoms with Gasteiger partial charge in [0.25, 0.3) is 0 Å². The number of hydrogen-bond donors (Lipinski definition) is 2. The van der Waals surface area contributed by atoms with Gasteiger partial charge in [-0.3, -0.25) is 0 Å². The summed E-state index contributed by atoms with van der Waals surface area (Å²) in [5.41, 5.74) is 0.489. The van der Waals surface area contributed by atoms with Crippen molar-refractivity contribution in [2.75, 3.05) is 12.4 Å². The summed E-state index contributed by atoms with van der Waals surface area (Å²) < 4.78 is 30.5. The Kier molecular flexibility index (Phi) is 7.10. The maximum atomic E-state index is 12.7. The Morgan fingerprint density at radius 3 is 2.31 bits per heavy atom. The second-order valence-electron chi connectivity index (χ2n) is 7.50. The molecule has 0 radical (unpaired) electrons. The predicted molar refractivity (Wildman–Crippen MR) is 105 cm³/mol. The summed E-state index contributed by atoms with van der Waals surface area (Å²) in [4.78, 5) is -0.300. The molecule has 144 valence electrons. The quantitative estimate of drug-likeness (QED) is 0.703. The zero-order valence-electron chi connectivity index (χ0n) is 16.5. The van der Waals surface area contributed by atoms with Crippen molar-refractivity contribution in [3.05, 3.63) is 35.0 Å². The van der Waals surface area contributed by atoms with Crippen molar-refractivity contribution in [3.8, 4) is 11.8 Å². The Labute approximate surface area is 157 Å². The minimum atomic E-state index is -3.75. The van der Waals surface area contributed by atoms with Crippen molar-refractivity contribution in [2.24, 2.45) is 5.41 Å². The van der Waals surface area contributed by atoms with Crippen LogP contribution in [0.5, 0.6) is 5.75 Å². The summed E-state index contributed by atoms with van der Waals surface area (Å²) in [6.45, 7) is 11.2. The fraction of sp³-hybridized carbons (Fsp3) is 0.526. The lowest BCUT2D eigenvalue weighted by Crippen LogP contribution is -2.40. The van der Waals surface area contributed by atoms with Crippen molar-refractivity contribution in [1.82, 2.24) is 5.32 Å². The molecule has 0 saturated heterocycles. The highest BCUT2D eigenvalue weighted by Crippen LogP contribution is 2.25. The molecule has 2 N–H and O–H groups in total. The van der Waals surface area contributed by atoms with E-state index in [0.29, 0.717) is 11.4 Å². The van der Waals surface area contributed by atoms with Crippen molar-refractivity contribution in [1.29, 1.82) is 5.26 Å². The zero-order valence-corrected chi connectivity index (χ0v) is 17.4. The third kappa shape index (κ3) is 5.40. The molecule has 0 aliphatic heterocycles. The van der Waals surface area contributed by atoms with Crippen LogP contribution in [-0.4, -0.2) is 26.8 Å². The number of nitrogens with zero attached hydrogens (tertiary/aromatic N) is 1. The fourth-order valence-corrected chi connectivity index (χ4v) is 2.93. The Morgan fingerprint density at radius 2 is 1.85 bits per heavy atom. The lowest BCUT2D eigenvalue weighted by Gasteiger charge is -2.31. The number of anilines is 1.